The van der Waals surface area contributed by atoms with E-state index in [9.17, 15) is 9.59 Å². The highest BCUT2D eigenvalue weighted by molar-refractivity contribution is 7.14. The lowest BCUT2D eigenvalue weighted by molar-refractivity contribution is 0.101. The van der Waals surface area contributed by atoms with Gasteiger partial charge in [-0.2, -0.15) is 0 Å². The highest BCUT2D eigenvalue weighted by atomic mass is 35.5. The van der Waals surface area contributed by atoms with Crippen molar-refractivity contribution in [2.75, 3.05) is 17.7 Å². The molecule has 0 aliphatic carbocycles. The van der Waals surface area contributed by atoms with Crippen molar-refractivity contribution in [1.82, 2.24) is 9.97 Å². The molecular formula is C17H13ClN4O3S. The fourth-order valence-electron chi connectivity index (χ4n) is 2.01. The molecule has 0 aliphatic heterocycles. The van der Waals surface area contributed by atoms with Crippen molar-refractivity contribution in [3.05, 3.63) is 64.3 Å². The predicted octanol–water partition coefficient (Wildman–Crippen LogP) is 3.70. The first-order valence-electron chi connectivity index (χ1n) is 7.40. The van der Waals surface area contributed by atoms with Crippen molar-refractivity contribution in [1.29, 1.82) is 0 Å². The normalized spacial score (nSPS) is 10.2. The lowest BCUT2D eigenvalue weighted by atomic mass is 10.2. The minimum absolute atomic E-state index is 0.168. The van der Waals surface area contributed by atoms with Crippen molar-refractivity contribution in [2.45, 2.75) is 0 Å². The second-order valence-electron chi connectivity index (χ2n) is 5.02. The Labute approximate surface area is 158 Å². The number of nitrogens with zero attached hydrogens (tertiary/aromatic N) is 2. The summed E-state index contributed by atoms with van der Waals surface area (Å²) in [6.07, 6.45) is 0. The number of anilines is 2. The Kier molecular flexibility index (Phi) is 5.45. The van der Waals surface area contributed by atoms with Gasteiger partial charge in [0.1, 0.15) is 22.4 Å². The van der Waals surface area contributed by atoms with Gasteiger partial charge in [-0.1, -0.05) is 17.7 Å². The second-order valence-corrected chi connectivity index (χ2v) is 6.27. The molecule has 0 unspecified atom stereocenters. The summed E-state index contributed by atoms with van der Waals surface area (Å²) in [6.45, 7) is 0. The molecule has 0 radical (unpaired) electrons. The Morgan fingerprint density at radius 1 is 1.04 bits per heavy atom. The van der Waals surface area contributed by atoms with Crippen LogP contribution >= 0.6 is 22.9 Å². The lowest BCUT2D eigenvalue weighted by Crippen LogP contribution is -2.15. The number of carbonyl (C=O) groups is 2. The molecule has 2 amide bonds. The van der Waals surface area contributed by atoms with Crippen molar-refractivity contribution in [2.24, 2.45) is 0 Å². The van der Waals surface area contributed by atoms with Crippen LogP contribution in [0, 0.1) is 0 Å². The van der Waals surface area contributed by atoms with E-state index in [1.54, 1.807) is 55.0 Å². The van der Waals surface area contributed by atoms with Crippen LogP contribution in [0.3, 0.4) is 0 Å². The zero-order valence-corrected chi connectivity index (χ0v) is 15.1. The van der Waals surface area contributed by atoms with Crippen molar-refractivity contribution >= 4 is 45.7 Å². The Balaban J connectivity index is 1.65. The quantitative estimate of drug-likeness (QED) is 0.650. The van der Waals surface area contributed by atoms with Gasteiger partial charge >= 0.3 is 0 Å². The van der Waals surface area contributed by atoms with Gasteiger partial charge in [0.05, 0.1) is 7.11 Å². The highest BCUT2D eigenvalue weighted by Crippen LogP contribution is 2.19. The predicted molar refractivity (Wildman–Crippen MR) is 100 cm³/mol. The average Bonchev–Trinajstić information content (AvgIpc) is 3.10. The minimum Gasteiger partial charge on any atom is -0.497 e. The number of pyridine rings is 1. The molecule has 26 heavy (non-hydrogen) atoms. The number of benzene rings is 1. The van der Waals surface area contributed by atoms with Gasteiger partial charge < -0.3 is 10.1 Å². The first-order chi connectivity index (χ1) is 12.5. The standard InChI is InChI=1S/C17H13ClN4O3S/c1-25-11-7-5-10(6-8-11)15(23)22-17-19-12(9-26-17)16(24)21-14-4-2-3-13(18)20-14/h2-9H,1H3,(H,19,22,23)(H,20,21,24). The van der Waals surface area contributed by atoms with Crippen LogP contribution in [-0.2, 0) is 0 Å². The van der Waals surface area contributed by atoms with E-state index in [0.29, 0.717) is 22.3 Å². The molecule has 132 valence electrons. The topological polar surface area (TPSA) is 93.2 Å². The molecule has 0 saturated carbocycles. The maximum atomic E-state index is 12.2. The molecule has 7 nitrogen and oxygen atoms in total. The lowest BCUT2D eigenvalue weighted by Gasteiger charge is -2.03. The number of hydrogen-bond donors (Lipinski definition) is 2. The van der Waals surface area contributed by atoms with Gasteiger partial charge in [-0.3, -0.25) is 14.9 Å². The highest BCUT2D eigenvalue weighted by Gasteiger charge is 2.14. The summed E-state index contributed by atoms with van der Waals surface area (Å²) in [7, 11) is 1.55. The van der Waals surface area contributed by atoms with E-state index in [1.807, 2.05) is 0 Å². The monoisotopic (exact) mass is 388 g/mol. The summed E-state index contributed by atoms with van der Waals surface area (Å²) in [5.41, 5.74) is 0.622. The fourth-order valence-corrected chi connectivity index (χ4v) is 2.85. The third kappa shape index (κ3) is 4.35. The van der Waals surface area contributed by atoms with E-state index < -0.39 is 5.91 Å². The van der Waals surface area contributed by atoms with Gasteiger partial charge in [0.2, 0.25) is 0 Å². The number of thiazole rings is 1. The summed E-state index contributed by atoms with van der Waals surface area (Å²) >= 11 is 6.93. The van der Waals surface area contributed by atoms with Crippen LogP contribution < -0.4 is 15.4 Å². The van der Waals surface area contributed by atoms with Gasteiger partial charge in [-0.25, -0.2) is 9.97 Å². The first-order valence-corrected chi connectivity index (χ1v) is 8.66. The molecule has 0 bridgehead atoms. The maximum Gasteiger partial charge on any atom is 0.276 e. The van der Waals surface area contributed by atoms with E-state index in [-0.39, 0.29) is 16.8 Å². The molecule has 2 N–H and O–H groups in total. The van der Waals surface area contributed by atoms with E-state index in [2.05, 4.69) is 20.6 Å². The van der Waals surface area contributed by atoms with Crippen LogP contribution in [0.4, 0.5) is 10.9 Å². The number of carbonyl (C=O) groups excluding carboxylic acids is 2. The minimum atomic E-state index is -0.444. The van der Waals surface area contributed by atoms with Crippen LogP contribution in [0.2, 0.25) is 5.15 Å². The molecule has 9 heteroatoms. The number of halogens is 1. The number of hydrogen-bond acceptors (Lipinski definition) is 6. The summed E-state index contributed by atoms with van der Waals surface area (Å²) in [4.78, 5) is 32.5. The van der Waals surface area contributed by atoms with Gasteiger partial charge in [-0.05, 0) is 36.4 Å². The van der Waals surface area contributed by atoms with Crippen LogP contribution in [0.5, 0.6) is 5.75 Å². The van der Waals surface area contributed by atoms with E-state index in [1.165, 1.54) is 0 Å². The van der Waals surface area contributed by atoms with Crippen LogP contribution in [0.1, 0.15) is 20.8 Å². The number of nitrogens with one attached hydrogen (secondary N) is 2. The number of methoxy groups -OCH3 is 1. The fraction of sp³-hybridized carbons (Fsp3) is 0.0588. The van der Waals surface area contributed by atoms with Gasteiger partial charge in [0.15, 0.2) is 5.13 Å². The Morgan fingerprint density at radius 3 is 2.50 bits per heavy atom. The molecule has 2 heterocycles. The molecule has 3 rings (SSSR count). The molecule has 0 fully saturated rings. The average molecular weight is 389 g/mol. The van der Waals surface area contributed by atoms with Crippen LogP contribution in [0.25, 0.3) is 0 Å². The Morgan fingerprint density at radius 2 is 1.81 bits per heavy atom. The number of amides is 2. The number of ether oxygens (including phenoxy) is 1. The molecule has 0 aliphatic rings. The smallest absolute Gasteiger partial charge is 0.276 e. The van der Waals surface area contributed by atoms with Crippen molar-refractivity contribution in [3.63, 3.8) is 0 Å². The Bertz CT molecular complexity index is 943. The van der Waals surface area contributed by atoms with Gasteiger partial charge in [-0.15, -0.1) is 11.3 Å². The molecular weight excluding hydrogens is 376 g/mol. The molecule has 2 aromatic heterocycles. The van der Waals surface area contributed by atoms with Crippen molar-refractivity contribution < 1.29 is 14.3 Å². The summed E-state index contributed by atoms with van der Waals surface area (Å²) < 4.78 is 5.05. The summed E-state index contributed by atoms with van der Waals surface area (Å²) in [5, 5.41) is 7.38. The first kappa shape index (κ1) is 17.8. The van der Waals surface area contributed by atoms with Crippen LogP contribution in [0.15, 0.2) is 47.8 Å². The molecule has 3 aromatic rings. The number of rotatable bonds is 5. The van der Waals surface area contributed by atoms with E-state index in [0.717, 1.165) is 11.3 Å². The maximum absolute atomic E-state index is 12.2. The van der Waals surface area contributed by atoms with Crippen LogP contribution in [-0.4, -0.2) is 28.9 Å². The molecule has 0 spiro atoms. The van der Waals surface area contributed by atoms with Crippen molar-refractivity contribution in [3.8, 4) is 5.75 Å². The van der Waals surface area contributed by atoms with E-state index in [4.69, 9.17) is 16.3 Å². The zero-order chi connectivity index (χ0) is 18.5. The van der Waals surface area contributed by atoms with Gasteiger partial charge in [0, 0.05) is 10.9 Å². The summed E-state index contributed by atoms with van der Waals surface area (Å²) in [6, 6.07) is 11.5. The van der Waals surface area contributed by atoms with E-state index >= 15 is 0 Å². The Hall–Kier alpha value is -2.97. The third-order valence-electron chi connectivity index (χ3n) is 3.27. The third-order valence-corrected chi connectivity index (χ3v) is 4.23. The molecule has 1 aromatic carbocycles. The summed E-state index contributed by atoms with van der Waals surface area (Å²) in [5.74, 6) is 0.204. The SMILES string of the molecule is COc1ccc(C(=O)Nc2nc(C(=O)Nc3cccc(Cl)n3)cs2)cc1. The second kappa shape index (κ2) is 7.94. The van der Waals surface area contributed by atoms with Gasteiger partial charge in [0.25, 0.3) is 11.8 Å². The molecule has 0 atom stereocenters. The molecule has 0 saturated heterocycles. The zero-order valence-electron chi connectivity index (χ0n) is 13.5. The number of aromatic nitrogens is 2. The largest absolute Gasteiger partial charge is 0.497 e.